The van der Waals surface area contributed by atoms with Crippen LogP contribution in [-0.2, 0) is 19.3 Å². The van der Waals surface area contributed by atoms with E-state index in [1.807, 2.05) is 0 Å². The highest BCUT2D eigenvalue weighted by molar-refractivity contribution is 5.79. The predicted molar refractivity (Wildman–Crippen MR) is 113 cm³/mol. The summed E-state index contributed by atoms with van der Waals surface area (Å²) in [5, 5.41) is 0. The van der Waals surface area contributed by atoms with E-state index >= 15 is 0 Å². The van der Waals surface area contributed by atoms with Crippen molar-refractivity contribution in [2.24, 2.45) is 0 Å². The van der Waals surface area contributed by atoms with Crippen molar-refractivity contribution in [2.75, 3.05) is 0 Å². The van der Waals surface area contributed by atoms with Crippen LogP contribution in [0.3, 0.4) is 0 Å². The van der Waals surface area contributed by atoms with Crippen molar-refractivity contribution in [3.63, 3.8) is 0 Å². The largest absolute Gasteiger partial charge is 0.0619 e. The Balaban J connectivity index is 1.52. The highest BCUT2D eigenvalue weighted by Crippen LogP contribution is 2.45. The Hall–Kier alpha value is -2.60. The van der Waals surface area contributed by atoms with Gasteiger partial charge in [-0.25, -0.2) is 0 Å². The highest BCUT2D eigenvalue weighted by Gasteiger charge is 2.28. The minimum atomic E-state index is 0.594. The topological polar surface area (TPSA) is 0 Å². The molecule has 0 fully saturated rings. The molecular formula is C27H24. The lowest BCUT2D eigenvalue weighted by Gasteiger charge is -2.19. The Morgan fingerprint density at radius 2 is 1.63 bits per heavy atom. The van der Waals surface area contributed by atoms with Crippen LogP contribution in [0, 0.1) is 6.92 Å². The van der Waals surface area contributed by atoms with E-state index in [-0.39, 0.29) is 0 Å². The highest BCUT2D eigenvalue weighted by atomic mass is 14.3. The number of fused-ring (bicyclic) bond motifs is 5. The maximum absolute atomic E-state index is 2.48. The molecule has 0 aromatic heterocycles. The molecule has 0 N–H and O–H groups in total. The molecule has 0 heterocycles. The van der Waals surface area contributed by atoms with Crippen LogP contribution < -0.4 is 0 Å². The van der Waals surface area contributed by atoms with Gasteiger partial charge < -0.3 is 0 Å². The summed E-state index contributed by atoms with van der Waals surface area (Å²) in [6.45, 7) is 2.35. The van der Waals surface area contributed by atoms with E-state index in [1.165, 1.54) is 47.9 Å². The Bertz CT molecular complexity index is 1110. The van der Waals surface area contributed by atoms with E-state index < -0.39 is 0 Å². The van der Waals surface area contributed by atoms with Crippen molar-refractivity contribution in [3.8, 4) is 11.1 Å². The fraction of sp³-hybridized carbons (Fsp3) is 0.259. The Kier molecular flexibility index (Phi) is 3.26. The minimum Gasteiger partial charge on any atom is -0.0619 e. The summed E-state index contributed by atoms with van der Waals surface area (Å²) in [5.41, 5.74) is 15.4. The smallest absolute Gasteiger partial charge is 0.00607 e. The van der Waals surface area contributed by atoms with Crippen molar-refractivity contribution < 1.29 is 0 Å². The molecule has 0 aliphatic heterocycles. The fourth-order valence-corrected chi connectivity index (χ4v) is 5.69. The molecule has 0 heteroatoms. The molecule has 132 valence electrons. The average molecular weight is 348 g/mol. The monoisotopic (exact) mass is 348 g/mol. The molecule has 3 aliphatic rings. The molecule has 3 aromatic rings. The van der Waals surface area contributed by atoms with Gasteiger partial charge in [0.1, 0.15) is 0 Å². The van der Waals surface area contributed by atoms with Crippen LogP contribution in [0.2, 0.25) is 0 Å². The molecule has 0 saturated heterocycles. The van der Waals surface area contributed by atoms with Crippen molar-refractivity contribution in [3.05, 3.63) is 99.1 Å². The number of aryl methyl sites for hydroxylation is 2. The second kappa shape index (κ2) is 5.70. The molecule has 1 unspecified atom stereocenters. The van der Waals surface area contributed by atoms with Gasteiger partial charge in [-0.2, -0.15) is 0 Å². The van der Waals surface area contributed by atoms with E-state index in [1.54, 1.807) is 33.4 Å². The molecule has 1 atom stereocenters. The number of hydrogen-bond acceptors (Lipinski definition) is 0. The van der Waals surface area contributed by atoms with E-state index in [4.69, 9.17) is 0 Å². The first-order valence-corrected chi connectivity index (χ1v) is 10.3. The summed E-state index contributed by atoms with van der Waals surface area (Å²) < 4.78 is 0. The molecule has 0 spiro atoms. The molecular weight excluding hydrogens is 324 g/mol. The molecule has 0 nitrogen and oxygen atoms in total. The third-order valence-electron chi connectivity index (χ3n) is 7.17. The molecule has 27 heavy (non-hydrogen) atoms. The van der Waals surface area contributed by atoms with Gasteiger partial charge in [0.15, 0.2) is 0 Å². The summed E-state index contributed by atoms with van der Waals surface area (Å²) in [6, 6.07) is 20.8. The second-order valence-electron chi connectivity index (χ2n) is 8.44. The van der Waals surface area contributed by atoms with E-state index in [0.29, 0.717) is 5.92 Å². The standard InChI is InChI=1S/C27H24/c1-17-18-9-10-21-15-20-5-2-3-7-22(20)23(21)13-12-19-6-4-8-24-25(14-11-18)26(17)16-27(19)24/h2-8,11,14-15,23H,9-10,12-13,16H2,1H3. The quantitative estimate of drug-likeness (QED) is 0.335. The molecule has 3 aromatic carbocycles. The zero-order valence-corrected chi connectivity index (χ0v) is 15.9. The number of rotatable bonds is 0. The van der Waals surface area contributed by atoms with Crippen molar-refractivity contribution in [1.29, 1.82) is 0 Å². The van der Waals surface area contributed by atoms with Crippen LogP contribution in [0.1, 0.15) is 57.7 Å². The van der Waals surface area contributed by atoms with Crippen LogP contribution in [0.25, 0.3) is 17.2 Å². The summed E-state index contributed by atoms with van der Waals surface area (Å²) in [7, 11) is 0. The van der Waals surface area contributed by atoms with Gasteiger partial charge in [0.2, 0.25) is 0 Å². The van der Waals surface area contributed by atoms with Gasteiger partial charge in [-0.3, -0.25) is 0 Å². The zero-order chi connectivity index (χ0) is 18.0. The van der Waals surface area contributed by atoms with Gasteiger partial charge in [-0.1, -0.05) is 66.2 Å². The third-order valence-corrected chi connectivity index (χ3v) is 7.17. The van der Waals surface area contributed by atoms with Gasteiger partial charge in [-0.15, -0.1) is 0 Å². The number of allylic oxidation sites excluding steroid dienone is 1. The normalized spacial score (nSPS) is 19.1. The Morgan fingerprint density at radius 1 is 0.741 bits per heavy atom. The van der Waals surface area contributed by atoms with Crippen molar-refractivity contribution in [2.45, 2.75) is 44.9 Å². The predicted octanol–water partition coefficient (Wildman–Crippen LogP) is 6.63. The van der Waals surface area contributed by atoms with E-state index in [0.717, 1.165) is 6.42 Å². The molecule has 3 aliphatic carbocycles. The third kappa shape index (κ3) is 2.22. The van der Waals surface area contributed by atoms with Crippen LogP contribution in [0.4, 0.5) is 0 Å². The Labute approximate surface area is 161 Å². The first-order chi connectivity index (χ1) is 13.3. The SMILES string of the molecule is Cc1c2ccc3c1Cc1c(cccc1-3)CCC1C(=Cc3ccccc31)CC2. The lowest BCUT2D eigenvalue weighted by molar-refractivity contribution is 0.680. The van der Waals surface area contributed by atoms with E-state index in [2.05, 4.69) is 67.6 Å². The van der Waals surface area contributed by atoms with E-state index in [9.17, 15) is 0 Å². The number of benzene rings is 3. The molecule has 0 amide bonds. The lowest BCUT2D eigenvalue weighted by atomic mass is 9.85. The summed E-state index contributed by atoms with van der Waals surface area (Å²) >= 11 is 0. The molecule has 6 rings (SSSR count). The van der Waals surface area contributed by atoms with Crippen molar-refractivity contribution in [1.82, 2.24) is 0 Å². The van der Waals surface area contributed by atoms with Gasteiger partial charge >= 0.3 is 0 Å². The maximum atomic E-state index is 2.48. The van der Waals surface area contributed by atoms with Gasteiger partial charge in [0, 0.05) is 5.92 Å². The minimum absolute atomic E-state index is 0.594. The van der Waals surface area contributed by atoms with Gasteiger partial charge in [-0.05, 0) is 89.1 Å². The van der Waals surface area contributed by atoms with Crippen LogP contribution >= 0.6 is 0 Å². The second-order valence-corrected chi connectivity index (χ2v) is 8.44. The lowest BCUT2D eigenvalue weighted by Crippen LogP contribution is -2.05. The first kappa shape index (κ1) is 15.5. The average Bonchev–Trinajstić information content (AvgIpc) is 3.24. The van der Waals surface area contributed by atoms with Crippen LogP contribution in [-0.4, -0.2) is 0 Å². The van der Waals surface area contributed by atoms with Gasteiger partial charge in [0.25, 0.3) is 0 Å². The summed E-state index contributed by atoms with van der Waals surface area (Å²) in [6.07, 6.45) is 8.37. The van der Waals surface area contributed by atoms with Crippen molar-refractivity contribution >= 4 is 6.08 Å². The molecule has 3 bridgehead atoms. The molecule has 0 radical (unpaired) electrons. The van der Waals surface area contributed by atoms with Gasteiger partial charge in [0.05, 0.1) is 0 Å². The summed E-state index contributed by atoms with van der Waals surface area (Å²) in [5.74, 6) is 0.594. The fourth-order valence-electron chi connectivity index (χ4n) is 5.69. The van der Waals surface area contributed by atoms with Crippen LogP contribution in [0.15, 0.2) is 60.2 Å². The summed E-state index contributed by atoms with van der Waals surface area (Å²) in [4.78, 5) is 0. The van der Waals surface area contributed by atoms with Crippen LogP contribution in [0.5, 0.6) is 0 Å². The zero-order valence-electron chi connectivity index (χ0n) is 15.9. The molecule has 0 saturated carbocycles. The maximum Gasteiger partial charge on any atom is 0.00607 e. The number of hydrogen-bond donors (Lipinski definition) is 0. The first-order valence-electron chi connectivity index (χ1n) is 10.3. The Morgan fingerprint density at radius 3 is 2.59 bits per heavy atom.